The molecule has 10 heavy (non-hydrogen) atoms. The highest BCUT2D eigenvalue weighted by Gasteiger charge is 1.99. The summed E-state index contributed by atoms with van der Waals surface area (Å²) in [5, 5.41) is 8.62. The molecule has 1 aromatic rings. The minimum atomic E-state index is -1.22. The molecule has 2 nitrogen and oxygen atoms in total. The molecule has 0 aliphatic heterocycles. The van der Waals surface area contributed by atoms with Crippen LogP contribution in [-0.4, -0.2) is 11.1 Å². The Labute approximate surface area is 65.9 Å². The maximum atomic E-state index is 10.4. The van der Waals surface area contributed by atoms with Crippen LogP contribution in [0.25, 0.3) is 0 Å². The Morgan fingerprint density at radius 1 is 1.60 bits per heavy atom. The molecule has 0 saturated heterocycles. The van der Waals surface area contributed by atoms with Crippen LogP contribution < -0.4 is 0 Å². The number of halogens is 1. The van der Waals surface area contributed by atoms with Gasteiger partial charge in [0.15, 0.2) is 0 Å². The summed E-state index contributed by atoms with van der Waals surface area (Å²) in [6.45, 7) is 0. The third-order valence-corrected chi connectivity index (χ3v) is 1.16. The van der Waals surface area contributed by atoms with Crippen molar-refractivity contribution in [2.24, 2.45) is 0 Å². The highest BCUT2D eigenvalue weighted by atomic mass is 35.5. The Kier molecular flexibility index (Phi) is 1.28. The van der Waals surface area contributed by atoms with Crippen LogP contribution in [0.5, 0.6) is 0 Å². The van der Waals surface area contributed by atoms with Gasteiger partial charge in [0.05, 0.1) is 8.30 Å². The Balaban J connectivity index is 3.36. The normalized spacial score (nSPS) is 12.1. The lowest BCUT2D eigenvalue weighted by atomic mass is 10.2. The highest BCUT2D eigenvalue weighted by molar-refractivity contribution is 6.30. The van der Waals surface area contributed by atoms with Crippen LogP contribution in [0.15, 0.2) is 24.2 Å². The van der Waals surface area contributed by atoms with Gasteiger partial charge in [0.2, 0.25) is 0 Å². The molecule has 1 aromatic carbocycles. The molecule has 0 amide bonds. The van der Waals surface area contributed by atoms with Crippen LogP contribution in [0, 0.1) is 0 Å². The van der Waals surface area contributed by atoms with Gasteiger partial charge in [0.25, 0.3) is 0 Å². The van der Waals surface area contributed by atoms with Crippen LogP contribution in [0.4, 0.5) is 0 Å². The van der Waals surface area contributed by atoms with Crippen LogP contribution in [0.2, 0.25) is 5.02 Å². The largest absolute Gasteiger partial charge is 0.478 e. The van der Waals surface area contributed by atoms with E-state index in [1.165, 1.54) is 12.1 Å². The summed E-state index contributed by atoms with van der Waals surface area (Å²) in [6.07, 6.45) is 0. The van der Waals surface area contributed by atoms with Crippen molar-refractivity contribution in [3.8, 4) is 0 Å². The smallest absolute Gasteiger partial charge is 0.335 e. The lowest BCUT2D eigenvalue weighted by Crippen LogP contribution is -1.94. The topological polar surface area (TPSA) is 37.3 Å². The zero-order valence-electron chi connectivity index (χ0n) is 6.89. The fourth-order valence-corrected chi connectivity index (χ4v) is 0.602. The van der Waals surface area contributed by atoms with Gasteiger partial charge in [0, 0.05) is 5.02 Å². The number of hydrogen-bond donors (Lipinski definition) is 1. The molecule has 0 aliphatic rings. The Bertz CT molecular complexity index is 338. The molecular formula is C7H5ClO2. The first-order chi connectivity index (χ1) is 5.54. The summed E-state index contributed by atoms with van der Waals surface area (Å²) < 4.78 is 14.4. The summed E-state index contributed by atoms with van der Waals surface area (Å²) >= 11 is 5.49. The van der Waals surface area contributed by atoms with Crippen molar-refractivity contribution in [3.05, 3.63) is 34.8 Å². The monoisotopic (exact) mass is 158 g/mol. The van der Waals surface area contributed by atoms with E-state index in [0.29, 0.717) is 0 Å². The fraction of sp³-hybridized carbons (Fsp3) is 0. The standard InChI is InChI=1S/C7H5ClO2/c8-6-3-1-5(2-4-6)7(9)10/h1-4H,(H,9,10)/i1D,3D. The number of carbonyl (C=O) groups is 1. The summed E-state index contributed by atoms with van der Waals surface area (Å²) in [5.41, 5.74) is -0.204. The lowest BCUT2D eigenvalue weighted by molar-refractivity contribution is 0.0697. The molecule has 0 unspecified atom stereocenters. The minimum Gasteiger partial charge on any atom is -0.478 e. The van der Waals surface area contributed by atoms with Gasteiger partial charge < -0.3 is 5.11 Å². The third-order valence-electron chi connectivity index (χ3n) is 0.943. The second-order valence-corrected chi connectivity index (χ2v) is 2.06. The molecule has 0 bridgehead atoms. The molecule has 1 N–H and O–H groups in total. The third kappa shape index (κ3) is 1.48. The van der Waals surface area contributed by atoms with Gasteiger partial charge in [-0.05, 0) is 24.2 Å². The summed E-state index contributed by atoms with van der Waals surface area (Å²) in [7, 11) is 0. The fourth-order valence-electron chi connectivity index (χ4n) is 0.492. The SMILES string of the molecule is [2H]c1c(Cl)ccc(C(=O)O)c1[2H]. The molecule has 1 rings (SSSR count). The molecular weight excluding hydrogens is 152 g/mol. The Hall–Kier alpha value is -1.02. The van der Waals surface area contributed by atoms with Crippen molar-refractivity contribution >= 4 is 17.6 Å². The first-order valence-electron chi connectivity index (χ1n) is 3.53. The number of rotatable bonds is 1. The van der Waals surface area contributed by atoms with E-state index < -0.39 is 5.97 Å². The predicted molar refractivity (Wildman–Crippen MR) is 38.4 cm³/mol. The van der Waals surface area contributed by atoms with Gasteiger partial charge in [-0.25, -0.2) is 4.79 Å². The maximum absolute atomic E-state index is 10.4. The highest BCUT2D eigenvalue weighted by Crippen LogP contribution is 2.08. The lowest BCUT2D eigenvalue weighted by Gasteiger charge is -1.91. The van der Waals surface area contributed by atoms with E-state index in [4.69, 9.17) is 19.4 Å². The van der Waals surface area contributed by atoms with Crippen molar-refractivity contribution in [2.75, 3.05) is 0 Å². The number of aromatic carboxylic acids is 1. The molecule has 0 aromatic heterocycles. The van der Waals surface area contributed by atoms with Crippen molar-refractivity contribution in [2.45, 2.75) is 0 Å². The van der Waals surface area contributed by atoms with Gasteiger partial charge >= 0.3 is 5.97 Å². The van der Waals surface area contributed by atoms with Crippen LogP contribution in [0.1, 0.15) is 13.1 Å². The average Bonchev–Trinajstić information content (AvgIpc) is 2.00. The number of carboxylic acids is 1. The summed E-state index contributed by atoms with van der Waals surface area (Å²) in [5.74, 6) is -1.22. The number of carboxylic acid groups (broad SMARTS) is 1. The van der Waals surface area contributed by atoms with E-state index in [1.54, 1.807) is 0 Å². The molecule has 0 radical (unpaired) electrons. The van der Waals surface area contributed by atoms with Crippen LogP contribution >= 0.6 is 11.6 Å². The van der Waals surface area contributed by atoms with Gasteiger partial charge in [0.1, 0.15) is 0 Å². The zero-order chi connectivity index (χ0) is 9.30. The van der Waals surface area contributed by atoms with Crippen molar-refractivity contribution in [3.63, 3.8) is 0 Å². The quantitative estimate of drug-likeness (QED) is 0.679. The van der Waals surface area contributed by atoms with Crippen LogP contribution in [-0.2, 0) is 0 Å². The molecule has 0 spiro atoms. The molecule has 52 valence electrons. The minimum absolute atomic E-state index is 0.0880. The summed E-state index contributed by atoms with van der Waals surface area (Å²) in [4.78, 5) is 10.4. The molecule has 0 atom stereocenters. The van der Waals surface area contributed by atoms with Gasteiger partial charge in [-0.15, -0.1) is 0 Å². The van der Waals surface area contributed by atoms with E-state index in [9.17, 15) is 4.79 Å². The van der Waals surface area contributed by atoms with Crippen molar-refractivity contribution < 1.29 is 12.6 Å². The van der Waals surface area contributed by atoms with E-state index in [2.05, 4.69) is 0 Å². The number of hydrogen-bond acceptors (Lipinski definition) is 1. The van der Waals surface area contributed by atoms with E-state index in [0.717, 1.165) is 0 Å². The first kappa shape index (κ1) is 4.74. The molecule has 0 heterocycles. The molecule has 0 fully saturated rings. The maximum Gasteiger partial charge on any atom is 0.335 e. The molecule has 0 saturated carbocycles. The molecule has 3 heteroatoms. The Morgan fingerprint density at radius 3 is 2.90 bits per heavy atom. The Morgan fingerprint density at radius 2 is 2.30 bits per heavy atom. The van der Waals surface area contributed by atoms with Crippen LogP contribution in [0.3, 0.4) is 0 Å². The average molecular weight is 159 g/mol. The van der Waals surface area contributed by atoms with E-state index >= 15 is 0 Å². The van der Waals surface area contributed by atoms with Gasteiger partial charge in [-0.3, -0.25) is 0 Å². The van der Waals surface area contributed by atoms with Gasteiger partial charge in [-0.1, -0.05) is 11.6 Å². The predicted octanol–water partition coefficient (Wildman–Crippen LogP) is 2.04. The second kappa shape index (κ2) is 2.71. The zero-order valence-corrected chi connectivity index (χ0v) is 5.64. The molecule has 0 aliphatic carbocycles. The van der Waals surface area contributed by atoms with Crippen molar-refractivity contribution in [1.82, 2.24) is 0 Å². The second-order valence-electron chi connectivity index (χ2n) is 1.65. The first-order valence-corrected chi connectivity index (χ1v) is 2.91. The van der Waals surface area contributed by atoms with Gasteiger partial charge in [-0.2, -0.15) is 0 Å². The van der Waals surface area contributed by atoms with E-state index in [1.807, 2.05) is 0 Å². The van der Waals surface area contributed by atoms with Crippen molar-refractivity contribution in [1.29, 1.82) is 0 Å². The number of benzene rings is 1. The van der Waals surface area contributed by atoms with E-state index in [-0.39, 0.29) is 22.7 Å². The summed E-state index contributed by atoms with van der Waals surface area (Å²) in [6, 6.07) is 1.91.